The first-order valence-corrected chi connectivity index (χ1v) is 5.14. The van der Waals surface area contributed by atoms with E-state index in [1.807, 2.05) is 6.20 Å². The SMILES string of the molecule is CCCCCCCC1=NC=CC1. The van der Waals surface area contributed by atoms with Gasteiger partial charge in [-0.2, -0.15) is 0 Å². The van der Waals surface area contributed by atoms with Gasteiger partial charge in [-0.25, -0.2) is 0 Å². The Labute approximate surface area is 75.6 Å². The van der Waals surface area contributed by atoms with Crippen LogP contribution in [0.2, 0.25) is 0 Å². The van der Waals surface area contributed by atoms with E-state index in [1.165, 1.54) is 44.2 Å². The molecule has 1 aliphatic heterocycles. The molecule has 1 heteroatoms. The van der Waals surface area contributed by atoms with Gasteiger partial charge in [-0.15, -0.1) is 0 Å². The Balaban J connectivity index is 1.89. The molecule has 1 nitrogen and oxygen atoms in total. The summed E-state index contributed by atoms with van der Waals surface area (Å²) in [6, 6.07) is 0. The molecule has 0 saturated heterocycles. The standard InChI is InChI=1S/C11H19N/c1-2-3-4-5-6-8-11-9-7-10-12-11/h7,10H,2-6,8-9H2,1H3. The van der Waals surface area contributed by atoms with Crippen LogP contribution in [0.1, 0.15) is 51.9 Å². The maximum atomic E-state index is 4.29. The summed E-state index contributed by atoms with van der Waals surface area (Å²) in [7, 11) is 0. The van der Waals surface area contributed by atoms with Crippen molar-refractivity contribution in [1.82, 2.24) is 0 Å². The van der Waals surface area contributed by atoms with Gasteiger partial charge in [0.25, 0.3) is 0 Å². The second kappa shape index (κ2) is 5.99. The quantitative estimate of drug-likeness (QED) is 0.532. The highest BCUT2D eigenvalue weighted by Crippen LogP contribution is 2.10. The summed E-state index contributed by atoms with van der Waals surface area (Å²) in [4.78, 5) is 4.29. The average molecular weight is 165 g/mol. The Kier molecular flexibility index (Phi) is 4.74. The third kappa shape index (κ3) is 3.70. The summed E-state index contributed by atoms with van der Waals surface area (Å²) in [5, 5.41) is 0. The van der Waals surface area contributed by atoms with Crippen LogP contribution in [0.5, 0.6) is 0 Å². The first-order chi connectivity index (χ1) is 5.93. The highest BCUT2D eigenvalue weighted by molar-refractivity contribution is 5.87. The zero-order chi connectivity index (χ0) is 8.65. The number of allylic oxidation sites excluding steroid dienone is 1. The van der Waals surface area contributed by atoms with E-state index in [1.54, 1.807) is 0 Å². The molecule has 0 fully saturated rings. The van der Waals surface area contributed by atoms with Crippen molar-refractivity contribution < 1.29 is 0 Å². The third-order valence-corrected chi connectivity index (χ3v) is 2.28. The van der Waals surface area contributed by atoms with Crippen LogP contribution in [0.4, 0.5) is 0 Å². The number of rotatable bonds is 6. The first-order valence-electron chi connectivity index (χ1n) is 5.14. The van der Waals surface area contributed by atoms with Crippen LogP contribution >= 0.6 is 0 Å². The van der Waals surface area contributed by atoms with Gasteiger partial charge in [-0.3, -0.25) is 4.99 Å². The maximum Gasteiger partial charge on any atom is 0.0231 e. The highest BCUT2D eigenvalue weighted by Gasteiger charge is 1.99. The lowest BCUT2D eigenvalue weighted by Crippen LogP contribution is -1.92. The molecule has 0 radical (unpaired) electrons. The van der Waals surface area contributed by atoms with Gasteiger partial charge in [-0.1, -0.05) is 38.7 Å². The molecule has 0 aliphatic carbocycles. The van der Waals surface area contributed by atoms with Gasteiger partial charge in [0.2, 0.25) is 0 Å². The molecule has 0 atom stereocenters. The minimum Gasteiger partial charge on any atom is -0.266 e. The Bertz CT molecular complexity index is 168. The molecule has 12 heavy (non-hydrogen) atoms. The molecule has 0 aromatic carbocycles. The zero-order valence-corrected chi connectivity index (χ0v) is 8.05. The van der Waals surface area contributed by atoms with Gasteiger partial charge >= 0.3 is 0 Å². The van der Waals surface area contributed by atoms with Crippen molar-refractivity contribution in [3.63, 3.8) is 0 Å². The molecular formula is C11H19N. The largest absolute Gasteiger partial charge is 0.266 e. The first kappa shape index (κ1) is 9.50. The molecule has 0 saturated carbocycles. The fourth-order valence-electron chi connectivity index (χ4n) is 1.50. The van der Waals surface area contributed by atoms with Crippen LogP contribution in [0.25, 0.3) is 0 Å². The summed E-state index contributed by atoms with van der Waals surface area (Å²) < 4.78 is 0. The summed E-state index contributed by atoms with van der Waals surface area (Å²) >= 11 is 0. The normalized spacial score (nSPS) is 15.2. The molecule has 0 aromatic rings. The topological polar surface area (TPSA) is 12.4 Å². The lowest BCUT2D eigenvalue weighted by molar-refractivity contribution is 0.642. The van der Waals surface area contributed by atoms with Crippen molar-refractivity contribution in [2.24, 2.45) is 4.99 Å². The molecule has 1 rings (SSSR count). The number of aliphatic imine (C=N–C) groups is 1. The number of unbranched alkanes of at least 4 members (excludes halogenated alkanes) is 4. The van der Waals surface area contributed by atoms with Gasteiger partial charge in [0, 0.05) is 18.3 Å². The van der Waals surface area contributed by atoms with Crippen molar-refractivity contribution in [3.8, 4) is 0 Å². The van der Waals surface area contributed by atoms with E-state index in [4.69, 9.17) is 0 Å². The second-order valence-electron chi connectivity index (χ2n) is 3.45. The lowest BCUT2D eigenvalue weighted by atomic mass is 10.1. The number of nitrogens with zero attached hydrogens (tertiary/aromatic N) is 1. The van der Waals surface area contributed by atoms with E-state index in [-0.39, 0.29) is 0 Å². The Hall–Kier alpha value is -0.590. The predicted octanol–water partition coefficient (Wildman–Crippen LogP) is 3.71. The lowest BCUT2D eigenvalue weighted by Gasteiger charge is -1.99. The number of hydrogen-bond donors (Lipinski definition) is 0. The van der Waals surface area contributed by atoms with Gasteiger partial charge in [-0.05, 0) is 12.8 Å². The third-order valence-electron chi connectivity index (χ3n) is 2.28. The molecule has 0 unspecified atom stereocenters. The maximum absolute atomic E-state index is 4.29. The van der Waals surface area contributed by atoms with Crippen molar-refractivity contribution in [1.29, 1.82) is 0 Å². The van der Waals surface area contributed by atoms with E-state index < -0.39 is 0 Å². The van der Waals surface area contributed by atoms with E-state index in [0.29, 0.717) is 0 Å². The van der Waals surface area contributed by atoms with Crippen LogP contribution in [-0.4, -0.2) is 5.71 Å². The van der Waals surface area contributed by atoms with Gasteiger partial charge in [0.05, 0.1) is 0 Å². The Morgan fingerprint density at radius 1 is 1.25 bits per heavy atom. The van der Waals surface area contributed by atoms with E-state index in [0.717, 1.165) is 6.42 Å². The smallest absolute Gasteiger partial charge is 0.0231 e. The Morgan fingerprint density at radius 3 is 2.75 bits per heavy atom. The molecule has 1 heterocycles. The monoisotopic (exact) mass is 165 g/mol. The molecule has 0 bridgehead atoms. The average Bonchev–Trinajstić information content (AvgIpc) is 2.57. The summed E-state index contributed by atoms with van der Waals surface area (Å²) in [6.07, 6.45) is 13.2. The van der Waals surface area contributed by atoms with Crippen molar-refractivity contribution >= 4 is 5.71 Å². The van der Waals surface area contributed by atoms with Crippen molar-refractivity contribution in [2.45, 2.75) is 51.9 Å². The summed E-state index contributed by atoms with van der Waals surface area (Å²) in [6.45, 7) is 2.25. The van der Waals surface area contributed by atoms with E-state index in [2.05, 4.69) is 18.0 Å². The molecule has 68 valence electrons. The predicted molar refractivity (Wildman–Crippen MR) is 54.6 cm³/mol. The molecular weight excluding hydrogens is 146 g/mol. The van der Waals surface area contributed by atoms with Crippen LogP contribution in [0.3, 0.4) is 0 Å². The fourth-order valence-corrected chi connectivity index (χ4v) is 1.50. The summed E-state index contributed by atoms with van der Waals surface area (Å²) in [5.74, 6) is 0. The van der Waals surface area contributed by atoms with Gasteiger partial charge < -0.3 is 0 Å². The van der Waals surface area contributed by atoms with Crippen LogP contribution in [0.15, 0.2) is 17.3 Å². The fraction of sp³-hybridized carbons (Fsp3) is 0.727. The van der Waals surface area contributed by atoms with Crippen molar-refractivity contribution in [3.05, 3.63) is 12.3 Å². The second-order valence-corrected chi connectivity index (χ2v) is 3.45. The van der Waals surface area contributed by atoms with E-state index in [9.17, 15) is 0 Å². The molecule has 0 amide bonds. The summed E-state index contributed by atoms with van der Waals surface area (Å²) in [5.41, 5.74) is 1.38. The minimum atomic E-state index is 1.10. The molecule has 1 aliphatic rings. The van der Waals surface area contributed by atoms with Gasteiger partial charge in [0.15, 0.2) is 0 Å². The highest BCUT2D eigenvalue weighted by atomic mass is 14.7. The van der Waals surface area contributed by atoms with Crippen molar-refractivity contribution in [2.75, 3.05) is 0 Å². The van der Waals surface area contributed by atoms with Crippen LogP contribution in [0, 0.1) is 0 Å². The van der Waals surface area contributed by atoms with Crippen LogP contribution < -0.4 is 0 Å². The molecule has 0 spiro atoms. The zero-order valence-electron chi connectivity index (χ0n) is 8.05. The van der Waals surface area contributed by atoms with Gasteiger partial charge in [0.1, 0.15) is 0 Å². The Morgan fingerprint density at radius 2 is 2.08 bits per heavy atom. The van der Waals surface area contributed by atoms with Crippen LogP contribution in [-0.2, 0) is 0 Å². The number of hydrogen-bond acceptors (Lipinski definition) is 1. The van der Waals surface area contributed by atoms with E-state index >= 15 is 0 Å². The minimum absolute atomic E-state index is 1.10. The molecule has 0 aromatic heterocycles. The molecule has 0 N–H and O–H groups in total.